The molecule has 0 aliphatic rings. The highest BCUT2D eigenvalue weighted by molar-refractivity contribution is 5.26. The highest BCUT2D eigenvalue weighted by atomic mass is 16.5. The second-order valence-corrected chi connectivity index (χ2v) is 4.81. The van der Waals surface area contributed by atoms with E-state index in [9.17, 15) is 0 Å². The summed E-state index contributed by atoms with van der Waals surface area (Å²) in [5, 5.41) is 0. The molecule has 2 N–H and O–H groups in total. The average molecular weight is 221 g/mol. The molecule has 0 aromatic heterocycles. The van der Waals surface area contributed by atoms with E-state index >= 15 is 0 Å². The van der Waals surface area contributed by atoms with Crippen molar-refractivity contribution in [1.29, 1.82) is 0 Å². The molecule has 90 valence electrons. The van der Waals surface area contributed by atoms with E-state index in [1.807, 2.05) is 13.8 Å². The second-order valence-electron chi connectivity index (χ2n) is 4.81. The molecule has 0 radical (unpaired) electrons. The van der Waals surface area contributed by atoms with Gasteiger partial charge < -0.3 is 10.5 Å². The third-order valence-electron chi connectivity index (χ3n) is 2.64. The van der Waals surface area contributed by atoms with Crippen LogP contribution in [0.5, 0.6) is 0 Å². The van der Waals surface area contributed by atoms with Crippen LogP contribution in [-0.4, -0.2) is 12.7 Å². The van der Waals surface area contributed by atoms with Crippen LogP contribution in [0.25, 0.3) is 0 Å². The molecule has 1 rings (SSSR count). The molecule has 0 saturated heterocycles. The molecule has 0 aliphatic carbocycles. The summed E-state index contributed by atoms with van der Waals surface area (Å²) in [6.45, 7) is 9.01. The van der Waals surface area contributed by atoms with E-state index in [0.29, 0.717) is 12.5 Å². The Balaban J connectivity index is 2.59. The fraction of sp³-hybridized carbons (Fsp3) is 0.571. The number of hydrogen-bond acceptors (Lipinski definition) is 2. The van der Waals surface area contributed by atoms with E-state index in [-0.39, 0.29) is 12.1 Å². The van der Waals surface area contributed by atoms with Crippen LogP contribution >= 0.6 is 0 Å². The van der Waals surface area contributed by atoms with Gasteiger partial charge in [-0.05, 0) is 30.9 Å². The summed E-state index contributed by atoms with van der Waals surface area (Å²) >= 11 is 0. The predicted molar refractivity (Wildman–Crippen MR) is 68.5 cm³/mol. The lowest BCUT2D eigenvalue weighted by Gasteiger charge is -2.15. The zero-order chi connectivity index (χ0) is 12.1. The number of hydrogen-bond donors (Lipinski definition) is 1. The molecule has 1 atom stereocenters. The van der Waals surface area contributed by atoms with Crippen molar-refractivity contribution in [3.05, 3.63) is 35.4 Å². The Hall–Kier alpha value is -0.860. The van der Waals surface area contributed by atoms with Crippen LogP contribution in [0.4, 0.5) is 0 Å². The summed E-state index contributed by atoms with van der Waals surface area (Å²) in [5.74, 6) is 0.567. The first-order valence-corrected chi connectivity index (χ1v) is 5.97. The van der Waals surface area contributed by atoms with Crippen LogP contribution in [0, 0.1) is 0 Å². The summed E-state index contributed by atoms with van der Waals surface area (Å²) in [4.78, 5) is 0. The fourth-order valence-electron chi connectivity index (χ4n) is 1.52. The molecule has 2 nitrogen and oxygen atoms in total. The van der Waals surface area contributed by atoms with Gasteiger partial charge in [-0.2, -0.15) is 0 Å². The van der Waals surface area contributed by atoms with Crippen LogP contribution in [0.1, 0.15) is 50.8 Å². The lowest BCUT2D eigenvalue weighted by molar-refractivity contribution is 0.0683. The molecule has 0 aliphatic heterocycles. The molecule has 1 aromatic rings. The van der Waals surface area contributed by atoms with Crippen LogP contribution in [0.2, 0.25) is 0 Å². The number of rotatable bonds is 5. The van der Waals surface area contributed by atoms with E-state index in [1.54, 1.807) is 0 Å². The summed E-state index contributed by atoms with van der Waals surface area (Å²) < 4.78 is 5.51. The smallest absolute Gasteiger partial charge is 0.0662 e. The molecule has 0 spiro atoms. The van der Waals surface area contributed by atoms with Crippen molar-refractivity contribution in [1.82, 2.24) is 0 Å². The maximum Gasteiger partial charge on any atom is 0.0662 e. The monoisotopic (exact) mass is 221 g/mol. The second kappa shape index (κ2) is 6.02. The first-order valence-electron chi connectivity index (χ1n) is 5.97. The minimum absolute atomic E-state index is 0.0244. The Kier molecular flexibility index (Phi) is 4.97. The molecule has 0 heterocycles. The van der Waals surface area contributed by atoms with Gasteiger partial charge in [-0.15, -0.1) is 0 Å². The van der Waals surface area contributed by atoms with Gasteiger partial charge in [0.25, 0.3) is 0 Å². The lowest BCUT2D eigenvalue weighted by atomic mass is 9.99. The Bertz CT molecular complexity index is 303. The van der Waals surface area contributed by atoms with Gasteiger partial charge in [0, 0.05) is 0 Å². The van der Waals surface area contributed by atoms with Crippen LogP contribution < -0.4 is 5.73 Å². The van der Waals surface area contributed by atoms with Crippen LogP contribution in [-0.2, 0) is 4.74 Å². The number of ether oxygens (including phenoxy) is 1. The molecule has 0 bridgehead atoms. The average Bonchev–Trinajstić information content (AvgIpc) is 2.26. The van der Waals surface area contributed by atoms with Gasteiger partial charge >= 0.3 is 0 Å². The quantitative estimate of drug-likeness (QED) is 0.828. The summed E-state index contributed by atoms with van der Waals surface area (Å²) in [6.07, 6.45) is 0.237. The van der Waals surface area contributed by atoms with Crippen molar-refractivity contribution < 1.29 is 4.74 Å². The highest BCUT2D eigenvalue weighted by Crippen LogP contribution is 2.18. The van der Waals surface area contributed by atoms with Crippen molar-refractivity contribution in [2.24, 2.45) is 5.73 Å². The Morgan fingerprint density at radius 1 is 1.00 bits per heavy atom. The number of benzene rings is 1. The molecule has 1 aromatic carbocycles. The molecule has 16 heavy (non-hydrogen) atoms. The minimum Gasteiger partial charge on any atom is -0.377 e. The van der Waals surface area contributed by atoms with Gasteiger partial charge in [-0.1, -0.05) is 38.1 Å². The largest absolute Gasteiger partial charge is 0.377 e. The van der Waals surface area contributed by atoms with Gasteiger partial charge in [0.1, 0.15) is 0 Å². The summed E-state index contributed by atoms with van der Waals surface area (Å²) in [5.41, 5.74) is 8.54. The zero-order valence-electron chi connectivity index (χ0n) is 10.7. The van der Waals surface area contributed by atoms with Gasteiger partial charge in [-0.3, -0.25) is 0 Å². The van der Waals surface area contributed by atoms with Gasteiger partial charge in [0.15, 0.2) is 0 Å². The standard InChI is InChI=1S/C14H23NO/c1-10(2)12-5-7-13(8-6-12)14(15)9-16-11(3)4/h5-8,10-11,14H,9,15H2,1-4H3. The summed E-state index contributed by atoms with van der Waals surface area (Å²) in [6, 6.07) is 8.47. The first kappa shape index (κ1) is 13.2. The summed E-state index contributed by atoms with van der Waals surface area (Å²) in [7, 11) is 0. The number of nitrogens with two attached hydrogens (primary N) is 1. The normalized spacial score (nSPS) is 13.4. The lowest BCUT2D eigenvalue weighted by Crippen LogP contribution is -2.19. The van der Waals surface area contributed by atoms with Crippen molar-refractivity contribution in [3.8, 4) is 0 Å². The third-order valence-corrected chi connectivity index (χ3v) is 2.64. The third kappa shape index (κ3) is 3.95. The Labute approximate surface area is 98.8 Å². The van der Waals surface area contributed by atoms with Gasteiger partial charge in [0.2, 0.25) is 0 Å². The maximum atomic E-state index is 6.04. The van der Waals surface area contributed by atoms with E-state index in [2.05, 4.69) is 38.1 Å². The van der Waals surface area contributed by atoms with E-state index < -0.39 is 0 Å². The Morgan fingerprint density at radius 2 is 1.50 bits per heavy atom. The molecular weight excluding hydrogens is 198 g/mol. The van der Waals surface area contributed by atoms with Crippen molar-refractivity contribution in [3.63, 3.8) is 0 Å². The first-order chi connectivity index (χ1) is 7.50. The molecule has 1 unspecified atom stereocenters. The fourth-order valence-corrected chi connectivity index (χ4v) is 1.52. The van der Waals surface area contributed by atoms with Gasteiger partial charge in [0.05, 0.1) is 18.8 Å². The minimum atomic E-state index is -0.0244. The van der Waals surface area contributed by atoms with Crippen LogP contribution in [0.15, 0.2) is 24.3 Å². The molecule has 0 fully saturated rings. The molecule has 0 amide bonds. The highest BCUT2D eigenvalue weighted by Gasteiger charge is 2.07. The Morgan fingerprint density at radius 3 is 1.94 bits per heavy atom. The van der Waals surface area contributed by atoms with E-state index in [4.69, 9.17) is 10.5 Å². The molecule has 0 saturated carbocycles. The van der Waals surface area contributed by atoms with Crippen molar-refractivity contribution in [2.45, 2.75) is 45.8 Å². The van der Waals surface area contributed by atoms with E-state index in [1.165, 1.54) is 5.56 Å². The van der Waals surface area contributed by atoms with Crippen molar-refractivity contribution >= 4 is 0 Å². The molecule has 2 heteroatoms. The maximum absolute atomic E-state index is 6.04. The predicted octanol–water partition coefficient (Wildman–Crippen LogP) is 3.23. The zero-order valence-corrected chi connectivity index (χ0v) is 10.7. The van der Waals surface area contributed by atoms with E-state index in [0.717, 1.165) is 5.56 Å². The molecular formula is C14H23NO. The van der Waals surface area contributed by atoms with Gasteiger partial charge in [-0.25, -0.2) is 0 Å². The van der Waals surface area contributed by atoms with Crippen LogP contribution in [0.3, 0.4) is 0 Å². The topological polar surface area (TPSA) is 35.2 Å². The SMILES string of the molecule is CC(C)OCC(N)c1ccc(C(C)C)cc1. The van der Waals surface area contributed by atoms with Crippen molar-refractivity contribution in [2.75, 3.05) is 6.61 Å².